The lowest BCUT2D eigenvalue weighted by Gasteiger charge is -2.09. The van der Waals surface area contributed by atoms with Gasteiger partial charge in [0.05, 0.1) is 63.1 Å². The molecule has 0 unspecified atom stereocenters. The second-order valence-corrected chi connectivity index (χ2v) is 9.24. The first-order chi connectivity index (χ1) is 15.8. The smallest absolute Gasteiger partial charge is 0.124 e. The Kier molecular flexibility index (Phi) is 11.7. The van der Waals surface area contributed by atoms with E-state index in [0.29, 0.717) is 46.2 Å². The van der Waals surface area contributed by atoms with Gasteiger partial charge in [-0.15, -0.1) is 11.3 Å². The van der Waals surface area contributed by atoms with Crippen LogP contribution in [0.25, 0.3) is 20.8 Å². The van der Waals surface area contributed by atoms with Crippen molar-refractivity contribution in [2.24, 2.45) is 0 Å². The molecule has 6 nitrogen and oxygen atoms in total. The van der Waals surface area contributed by atoms with Crippen molar-refractivity contribution in [3.63, 3.8) is 0 Å². The molecule has 0 aliphatic rings. The van der Waals surface area contributed by atoms with Gasteiger partial charge in [0.25, 0.3) is 0 Å². The van der Waals surface area contributed by atoms with Gasteiger partial charge in [-0.05, 0) is 48.9 Å². The lowest BCUT2D eigenvalue weighted by molar-refractivity contribution is 0.00102. The van der Waals surface area contributed by atoms with Crippen LogP contribution < -0.4 is 5.32 Å². The number of aromatic nitrogens is 1. The highest BCUT2D eigenvalue weighted by molar-refractivity contribution is 14.1. The molecular weight excluding hydrogens is 539 g/mol. The Balaban J connectivity index is 1.23. The van der Waals surface area contributed by atoms with Crippen molar-refractivity contribution >= 4 is 49.8 Å². The van der Waals surface area contributed by atoms with Gasteiger partial charge in [0.1, 0.15) is 5.01 Å². The number of thiazole rings is 1. The Bertz CT molecular complexity index is 920. The van der Waals surface area contributed by atoms with E-state index < -0.39 is 0 Å². The summed E-state index contributed by atoms with van der Waals surface area (Å²) in [7, 11) is 0. The number of alkyl halides is 1. The van der Waals surface area contributed by atoms with Crippen LogP contribution in [-0.4, -0.2) is 68.8 Å². The van der Waals surface area contributed by atoms with E-state index in [4.69, 9.17) is 23.9 Å². The molecule has 0 fully saturated rings. The Morgan fingerprint density at radius 1 is 0.812 bits per heavy atom. The van der Waals surface area contributed by atoms with Gasteiger partial charge in [0.2, 0.25) is 0 Å². The molecule has 3 rings (SSSR count). The van der Waals surface area contributed by atoms with Crippen molar-refractivity contribution in [3.05, 3.63) is 48.0 Å². The molecule has 0 atom stereocenters. The maximum absolute atomic E-state index is 5.61. The van der Waals surface area contributed by atoms with E-state index in [0.717, 1.165) is 39.4 Å². The largest absolute Gasteiger partial charge is 0.383 e. The van der Waals surface area contributed by atoms with Crippen molar-refractivity contribution in [2.75, 3.05) is 69.1 Å². The number of nitrogens with one attached hydrogen (secondary N) is 1. The summed E-state index contributed by atoms with van der Waals surface area (Å²) in [6.45, 7) is 7.85. The van der Waals surface area contributed by atoms with Gasteiger partial charge >= 0.3 is 0 Å². The maximum atomic E-state index is 5.61. The highest BCUT2D eigenvalue weighted by Gasteiger charge is 2.06. The monoisotopic (exact) mass is 570 g/mol. The normalized spacial score (nSPS) is 11.3. The summed E-state index contributed by atoms with van der Waals surface area (Å²) in [5.74, 6) is 0. The highest BCUT2D eigenvalue weighted by atomic mass is 127. The Morgan fingerprint density at radius 3 is 2.09 bits per heavy atom. The molecule has 174 valence electrons. The summed E-state index contributed by atoms with van der Waals surface area (Å²) < 4.78 is 24.1. The first kappa shape index (κ1) is 25.3. The zero-order valence-electron chi connectivity index (χ0n) is 18.5. The van der Waals surface area contributed by atoms with E-state index >= 15 is 0 Å². The van der Waals surface area contributed by atoms with Gasteiger partial charge in [-0.1, -0.05) is 28.7 Å². The quantitative estimate of drug-likeness (QED) is 0.146. The predicted octanol–water partition coefficient (Wildman–Crippen LogP) is 5.19. The van der Waals surface area contributed by atoms with Crippen LogP contribution in [0.1, 0.15) is 5.56 Å². The second kappa shape index (κ2) is 14.8. The van der Waals surface area contributed by atoms with Crippen molar-refractivity contribution in [2.45, 2.75) is 6.92 Å². The summed E-state index contributed by atoms with van der Waals surface area (Å²) in [6.07, 6.45) is 0. The van der Waals surface area contributed by atoms with Crippen molar-refractivity contribution < 1.29 is 18.9 Å². The average Bonchev–Trinajstić information content (AvgIpc) is 3.23. The maximum Gasteiger partial charge on any atom is 0.124 e. The van der Waals surface area contributed by atoms with E-state index in [9.17, 15) is 0 Å². The van der Waals surface area contributed by atoms with E-state index in [1.165, 1.54) is 10.3 Å². The molecule has 0 saturated carbocycles. The number of rotatable bonds is 16. The third-order valence-corrected chi connectivity index (χ3v) is 6.10. The van der Waals surface area contributed by atoms with Crippen molar-refractivity contribution in [3.8, 4) is 10.6 Å². The minimum atomic E-state index is 0.574. The van der Waals surface area contributed by atoms with Gasteiger partial charge in [-0.3, -0.25) is 0 Å². The first-order valence-corrected chi connectivity index (χ1v) is 13.2. The molecular formula is C24H31IN2O4S. The Morgan fingerprint density at radius 2 is 1.44 bits per heavy atom. The zero-order valence-corrected chi connectivity index (χ0v) is 21.5. The van der Waals surface area contributed by atoms with Crippen LogP contribution >= 0.6 is 33.9 Å². The fourth-order valence-corrected chi connectivity index (χ4v) is 4.35. The molecule has 32 heavy (non-hydrogen) atoms. The Hall–Kier alpha value is -1.30. The molecule has 3 aromatic rings. The Labute approximate surface area is 207 Å². The number of ether oxygens (including phenoxy) is 4. The standard InChI is InChI=1S/C24H31IN2O4S/c1-19-2-7-22-23(18-19)32-24(27-22)20-3-5-21(6-4-20)26-9-11-29-13-15-31-17-16-30-14-12-28-10-8-25/h2-7,18,26H,8-17H2,1H3. The third kappa shape index (κ3) is 8.92. The molecule has 0 radical (unpaired) electrons. The van der Waals surface area contributed by atoms with Gasteiger partial charge in [-0.25, -0.2) is 4.98 Å². The van der Waals surface area contributed by atoms with E-state index in [-0.39, 0.29) is 0 Å². The second-order valence-electron chi connectivity index (χ2n) is 7.13. The SMILES string of the molecule is Cc1ccc2nc(-c3ccc(NCCOCCOCCOCCOCCI)cc3)sc2c1. The van der Waals surface area contributed by atoms with Gasteiger partial charge < -0.3 is 24.3 Å². The molecule has 0 aliphatic carbocycles. The highest BCUT2D eigenvalue weighted by Crippen LogP contribution is 2.31. The summed E-state index contributed by atoms with van der Waals surface area (Å²) >= 11 is 4.02. The van der Waals surface area contributed by atoms with Gasteiger partial charge in [-0.2, -0.15) is 0 Å². The number of benzene rings is 2. The average molecular weight is 570 g/mol. The summed E-state index contributed by atoms with van der Waals surface area (Å²) in [5, 5.41) is 4.43. The fraction of sp³-hybridized carbons (Fsp3) is 0.458. The van der Waals surface area contributed by atoms with Crippen LogP contribution in [0, 0.1) is 6.92 Å². The topological polar surface area (TPSA) is 61.8 Å². The number of nitrogens with zero attached hydrogens (tertiary/aromatic N) is 1. The molecule has 1 heterocycles. The van der Waals surface area contributed by atoms with Crippen LogP contribution in [0.3, 0.4) is 0 Å². The summed E-state index contributed by atoms with van der Waals surface area (Å²) in [5.41, 5.74) is 4.53. The first-order valence-electron chi connectivity index (χ1n) is 10.8. The summed E-state index contributed by atoms with van der Waals surface area (Å²) in [4.78, 5) is 4.75. The van der Waals surface area contributed by atoms with E-state index in [1.54, 1.807) is 11.3 Å². The molecule has 0 aliphatic heterocycles. The third-order valence-electron chi connectivity index (χ3n) is 4.59. The molecule has 0 bridgehead atoms. The number of aryl methyl sites for hydroxylation is 1. The zero-order chi connectivity index (χ0) is 22.4. The summed E-state index contributed by atoms with van der Waals surface area (Å²) in [6, 6.07) is 14.8. The minimum absolute atomic E-state index is 0.574. The fourth-order valence-electron chi connectivity index (χ4n) is 2.97. The number of fused-ring (bicyclic) bond motifs is 1. The van der Waals surface area contributed by atoms with Gasteiger partial charge in [0.15, 0.2) is 0 Å². The molecule has 1 N–H and O–H groups in total. The van der Waals surface area contributed by atoms with Crippen LogP contribution in [0.5, 0.6) is 0 Å². The number of hydrogen-bond acceptors (Lipinski definition) is 7. The molecule has 0 amide bonds. The molecule has 8 heteroatoms. The molecule has 2 aromatic carbocycles. The minimum Gasteiger partial charge on any atom is -0.383 e. The predicted molar refractivity (Wildman–Crippen MR) is 140 cm³/mol. The number of anilines is 1. The van der Waals surface area contributed by atoms with E-state index in [1.807, 2.05) is 0 Å². The lowest BCUT2D eigenvalue weighted by Crippen LogP contribution is -2.14. The number of hydrogen-bond donors (Lipinski definition) is 1. The van der Waals surface area contributed by atoms with Crippen molar-refractivity contribution in [1.29, 1.82) is 0 Å². The van der Waals surface area contributed by atoms with Crippen LogP contribution in [0.4, 0.5) is 5.69 Å². The van der Waals surface area contributed by atoms with Crippen molar-refractivity contribution in [1.82, 2.24) is 4.98 Å². The molecule has 0 spiro atoms. The molecule has 0 saturated heterocycles. The number of halogens is 1. The lowest BCUT2D eigenvalue weighted by atomic mass is 10.2. The van der Waals surface area contributed by atoms with Crippen LogP contribution in [0.2, 0.25) is 0 Å². The van der Waals surface area contributed by atoms with E-state index in [2.05, 4.69) is 77.3 Å². The van der Waals surface area contributed by atoms with Crippen LogP contribution in [-0.2, 0) is 18.9 Å². The van der Waals surface area contributed by atoms with Gasteiger partial charge in [0, 0.05) is 22.2 Å². The van der Waals surface area contributed by atoms with Crippen LogP contribution in [0.15, 0.2) is 42.5 Å². The molecule has 1 aromatic heterocycles.